The first-order chi connectivity index (χ1) is 12.7. The second kappa shape index (κ2) is 7.40. The molecule has 0 amide bonds. The standard InChI is InChI=1S/C21H23N3O2/c1-15(24-10-12-25-13-11-24)17-6-8-18(9-7-17)19-4-3-5-20(14-19)21-23-22-16(2)26-21/h3-9,14-15H,10-13H2,1-2H3/t15-/m0/s1. The minimum absolute atomic E-state index is 0.403. The highest BCUT2D eigenvalue weighted by Crippen LogP contribution is 2.28. The molecule has 0 radical (unpaired) electrons. The van der Waals surface area contributed by atoms with E-state index in [2.05, 4.69) is 58.4 Å². The van der Waals surface area contributed by atoms with E-state index in [4.69, 9.17) is 9.15 Å². The summed E-state index contributed by atoms with van der Waals surface area (Å²) in [5.74, 6) is 1.13. The maximum atomic E-state index is 5.54. The van der Waals surface area contributed by atoms with Gasteiger partial charge in [0.15, 0.2) is 0 Å². The van der Waals surface area contributed by atoms with Gasteiger partial charge >= 0.3 is 0 Å². The number of aromatic nitrogens is 2. The highest BCUT2D eigenvalue weighted by atomic mass is 16.5. The summed E-state index contributed by atoms with van der Waals surface area (Å²) in [5, 5.41) is 8.02. The molecule has 1 aliphatic rings. The van der Waals surface area contributed by atoms with E-state index in [1.165, 1.54) is 11.1 Å². The zero-order chi connectivity index (χ0) is 17.9. The lowest BCUT2D eigenvalue weighted by Crippen LogP contribution is -2.37. The summed E-state index contributed by atoms with van der Waals surface area (Å²) in [4.78, 5) is 2.47. The first kappa shape index (κ1) is 16.9. The molecule has 1 aromatic heterocycles. The van der Waals surface area contributed by atoms with Crippen LogP contribution in [0, 0.1) is 6.92 Å². The summed E-state index contributed by atoms with van der Waals surface area (Å²) in [6, 6.07) is 17.4. The van der Waals surface area contributed by atoms with Gasteiger partial charge in [0.05, 0.1) is 13.2 Å². The van der Waals surface area contributed by atoms with Crippen LogP contribution in [0.5, 0.6) is 0 Å². The fraction of sp³-hybridized carbons (Fsp3) is 0.333. The van der Waals surface area contributed by atoms with Crippen molar-refractivity contribution >= 4 is 0 Å². The maximum Gasteiger partial charge on any atom is 0.247 e. The summed E-state index contributed by atoms with van der Waals surface area (Å²) < 4.78 is 11.0. The first-order valence-corrected chi connectivity index (χ1v) is 9.03. The molecule has 1 fully saturated rings. The van der Waals surface area contributed by atoms with E-state index in [0.717, 1.165) is 37.4 Å². The van der Waals surface area contributed by atoms with Crippen LogP contribution in [-0.2, 0) is 4.74 Å². The van der Waals surface area contributed by atoms with E-state index in [-0.39, 0.29) is 0 Å². The third kappa shape index (κ3) is 3.54. The summed E-state index contributed by atoms with van der Waals surface area (Å²) in [6.45, 7) is 7.70. The smallest absolute Gasteiger partial charge is 0.247 e. The summed E-state index contributed by atoms with van der Waals surface area (Å²) in [7, 11) is 0. The third-order valence-electron chi connectivity index (χ3n) is 4.96. The van der Waals surface area contributed by atoms with Crippen molar-refractivity contribution in [2.75, 3.05) is 26.3 Å². The van der Waals surface area contributed by atoms with Gasteiger partial charge in [0.1, 0.15) is 0 Å². The van der Waals surface area contributed by atoms with Crippen LogP contribution < -0.4 is 0 Å². The van der Waals surface area contributed by atoms with Crippen LogP contribution in [0.1, 0.15) is 24.4 Å². The monoisotopic (exact) mass is 349 g/mol. The normalized spacial score (nSPS) is 16.5. The van der Waals surface area contributed by atoms with Crippen molar-refractivity contribution in [1.82, 2.24) is 15.1 Å². The van der Waals surface area contributed by atoms with E-state index in [1.54, 1.807) is 6.92 Å². The lowest BCUT2D eigenvalue weighted by Gasteiger charge is -2.32. The number of ether oxygens (including phenoxy) is 1. The number of aryl methyl sites for hydroxylation is 1. The number of hydrogen-bond donors (Lipinski definition) is 0. The van der Waals surface area contributed by atoms with Crippen molar-refractivity contribution in [3.63, 3.8) is 0 Å². The predicted molar refractivity (Wildman–Crippen MR) is 101 cm³/mol. The van der Waals surface area contributed by atoms with Crippen LogP contribution in [0.25, 0.3) is 22.6 Å². The molecule has 0 bridgehead atoms. The number of hydrogen-bond acceptors (Lipinski definition) is 5. The van der Waals surface area contributed by atoms with Gasteiger partial charge in [-0.25, -0.2) is 0 Å². The molecule has 4 rings (SSSR count). The Hall–Kier alpha value is -2.50. The fourth-order valence-corrected chi connectivity index (χ4v) is 3.37. The second-order valence-electron chi connectivity index (χ2n) is 6.65. The molecule has 0 N–H and O–H groups in total. The van der Waals surface area contributed by atoms with Crippen LogP contribution >= 0.6 is 0 Å². The first-order valence-electron chi connectivity index (χ1n) is 9.03. The molecule has 1 aliphatic heterocycles. The summed E-state index contributed by atoms with van der Waals surface area (Å²) in [5.41, 5.74) is 4.60. The van der Waals surface area contributed by atoms with Crippen LogP contribution in [0.2, 0.25) is 0 Å². The molecule has 0 spiro atoms. The average molecular weight is 349 g/mol. The number of morpholine rings is 1. The van der Waals surface area contributed by atoms with Gasteiger partial charge < -0.3 is 9.15 Å². The van der Waals surface area contributed by atoms with Gasteiger partial charge in [-0.2, -0.15) is 0 Å². The van der Waals surface area contributed by atoms with Gasteiger partial charge in [0, 0.05) is 31.6 Å². The van der Waals surface area contributed by atoms with Crippen LogP contribution in [0.15, 0.2) is 52.9 Å². The fourth-order valence-electron chi connectivity index (χ4n) is 3.37. The molecular formula is C21H23N3O2. The van der Waals surface area contributed by atoms with E-state index >= 15 is 0 Å². The highest BCUT2D eigenvalue weighted by Gasteiger charge is 2.18. The molecule has 2 heterocycles. The molecule has 1 atom stereocenters. The zero-order valence-corrected chi connectivity index (χ0v) is 15.2. The van der Waals surface area contributed by atoms with Crippen LogP contribution in [0.4, 0.5) is 0 Å². The van der Waals surface area contributed by atoms with Crippen molar-refractivity contribution in [2.24, 2.45) is 0 Å². The molecular weight excluding hydrogens is 326 g/mol. The van der Waals surface area contributed by atoms with E-state index in [0.29, 0.717) is 17.8 Å². The van der Waals surface area contributed by atoms with Gasteiger partial charge in [0.2, 0.25) is 11.8 Å². The average Bonchev–Trinajstić information content (AvgIpc) is 3.15. The Bertz CT molecular complexity index is 867. The Morgan fingerprint density at radius 1 is 0.923 bits per heavy atom. The Kier molecular flexibility index (Phi) is 4.82. The molecule has 0 unspecified atom stereocenters. The quantitative estimate of drug-likeness (QED) is 0.710. The number of nitrogens with zero attached hydrogens (tertiary/aromatic N) is 3. The van der Waals surface area contributed by atoms with E-state index < -0.39 is 0 Å². The molecule has 3 aromatic rings. The largest absolute Gasteiger partial charge is 0.421 e. The minimum atomic E-state index is 0.403. The lowest BCUT2D eigenvalue weighted by atomic mass is 9.99. The van der Waals surface area contributed by atoms with Gasteiger partial charge in [0.25, 0.3) is 0 Å². The highest BCUT2D eigenvalue weighted by molar-refractivity contribution is 5.69. The van der Waals surface area contributed by atoms with E-state index in [9.17, 15) is 0 Å². The topological polar surface area (TPSA) is 51.4 Å². The molecule has 134 valence electrons. The molecule has 1 saturated heterocycles. The van der Waals surface area contributed by atoms with Crippen molar-refractivity contribution < 1.29 is 9.15 Å². The van der Waals surface area contributed by atoms with Crippen molar-refractivity contribution in [2.45, 2.75) is 19.9 Å². The van der Waals surface area contributed by atoms with E-state index in [1.807, 2.05) is 12.1 Å². The van der Waals surface area contributed by atoms with Crippen molar-refractivity contribution in [3.8, 4) is 22.6 Å². The van der Waals surface area contributed by atoms with Crippen LogP contribution in [-0.4, -0.2) is 41.4 Å². The Balaban J connectivity index is 1.55. The Labute approximate surface area is 153 Å². The van der Waals surface area contributed by atoms with Gasteiger partial charge in [-0.15, -0.1) is 10.2 Å². The van der Waals surface area contributed by atoms with Gasteiger partial charge in [-0.1, -0.05) is 36.4 Å². The number of benzene rings is 2. The summed E-state index contributed by atoms with van der Waals surface area (Å²) in [6.07, 6.45) is 0. The van der Waals surface area contributed by atoms with Crippen LogP contribution in [0.3, 0.4) is 0 Å². The predicted octanol–water partition coefficient (Wildman–Crippen LogP) is 4.11. The maximum absolute atomic E-state index is 5.54. The Morgan fingerprint density at radius 2 is 1.65 bits per heavy atom. The number of rotatable bonds is 4. The van der Waals surface area contributed by atoms with Gasteiger partial charge in [-0.3, -0.25) is 4.90 Å². The molecule has 5 nitrogen and oxygen atoms in total. The zero-order valence-electron chi connectivity index (χ0n) is 15.2. The summed E-state index contributed by atoms with van der Waals surface area (Å²) >= 11 is 0. The minimum Gasteiger partial charge on any atom is -0.421 e. The molecule has 0 aliphatic carbocycles. The molecule has 5 heteroatoms. The molecule has 0 saturated carbocycles. The molecule has 26 heavy (non-hydrogen) atoms. The third-order valence-corrected chi connectivity index (χ3v) is 4.96. The van der Waals surface area contributed by atoms with Crippen molar-refractivity contribution in [1.29, 1.82) is 0 Å². The van der Waals surface area contributed by atoms with Crippen molar-refractivity contribution in [3.05, 3.63) is 60.0 Å². The van der Waals surface area contributed by atoms with Gasteiger partial charge in [-0.05, 0) is 35.7 Å². The second-order valence-corrected chi connectivity index (χ2v) is 6.65. The lowest BCUT2D eigenvalue weighted by molar-refractivity contribution is 0.0198. The SMILES string of the molecule is Cc1nnc(-c2cccc(-c3ccc([C@H](C)N4CCOCC4)cc3)c2)o1. The Morgan fingerprint density at radius 3 is 2.35 bits per heavy atom. The molecule has 2 aromatic carbocycles.